The summed E-state index contributed by atoms with van der Waals surface area (Å²) in [5.41, 5.74) is -0.412. The van der Waals surface area contributed by atoms with Gasteiger partial charge in [-0.15, -0.1) is 5.10 Å². The Morgan fingerprint density at radius 1 is 1.46 bits per heavy atom. The summed E-state index contributed by atoms with van der Waals surface area (Å²) in [6.07, 6.45) is 1.27. The van der Waals surface area contributed by atoms with E-state index >= 15 is 0 Å². The van der Waals surface area contributed by atoms with Crippen LogP contribution in [-0.4, -0.2) is 32.4 Å². The van der Waals surface area contributed by atoms with Gasteiger partial charge >= 0.3 is 11.8 Å². The number of hydrogen-bond acceptors (Lipinski definition) is 4. The van der Waals surface area contributed by atoms with Crippen LogP contribution >= 0.6 is 15.9 Å². The maximum atomic E-state index is 13.1. The van der Waals surface area contributed by atoms with Gasteiger partial charge in [-0.25, -0.2) is 23.1 Å². The lowest BCUT2D eigenvalue weighted by Crippen LogP contribution is -2.34. The van der Waals surface area contributed by atoms with Gasteiger partial charge in [0.1, 0.15) is 5.60 Å². The van der Waals surface area contributed by atoms with Gasteiger partial charge in [0.15, 0.2) is 5.65 Å². The number of nitrogens with zero attached hydrogens (tertiary/aromatic N) is 3. The molecule has 7 nitrogen and oxygen atoms in total. The number of amides is 1. The molecule has 0 saturated carbocycles. The largest absolute Gasteiger partial charge is 0.444 e. The molecule has 0 unspecified atom stereocenters. The minimum Gasteiger partial charge on any atom is -0.444 e. The average molecular weight is 401 g/mol. The highest BCUT2D eigenvalue weighted by molar-refractivity contribution is 9.10. The zero-order valence-electron chi connectivity index (χ0n) is 13.5. The minimum absolute atomic E-state index is 0.0789. The summed E-state index contributed by atoms with van der Waals surface area (Å²) in [5.74, 6) is 0. The maximum Gasteiger partial charge on any atom is 0.407 e. The van der Waals surface area contributed by atoms with Gasteiger partial charge < -0.3 is 10.1 Å². The molecule has 0 aliphatic carbocycles. The molecular weight excluding hydrogens is 383 g/mol. The van der Waals surface area contributed by atoms with Crippen molar-refractivity contribution in [2.75, 3.05) is 6.54 Å². The molecule has 0 atom stereocenters. The summed E-state index contributed by atoms with van der Waals surface area (Å²) in [5, 5.41) is 6.57. The first kappa shape index (κ1) is 18.2. The predicted molar refractivity (Wildman–Crippen MR) is 90.6 cm³/mol. The van der Waals surface area contributed by atoms with E-state index in [0.717, 1.165) is 9.15 Å². The topological polar surface area (TPSA) is 77.6 Å². The second-order valence-corrected chi connectivity index (χ2v) is 7.05. The summed E-state index contributed by atoms with van der Waals surface area (Å²) in [6.45, 7) is 5.02. The highest BCUT2D eigenvalue weighted by Crippen LogP contribution is 2.10. The van der Waals surface area contributed by atoms with Gasteiger partial charge in [0.05, 0.1) is 12.9 Å². The van der Waals surface area contributed by atoms with Crippen LogP contribution in [0.5, 0.6) is 0 Å². The van der Waals surface area contributed by atoms with Crippen molar-refractivity contribution in [2.24, 2.45) is 0 Å². The van der Waals surface area contributed by atoms with Crippen LogP contribution in [0.15, 0.2) is 39.5 Å². The number of fused-ring (bicyclic) bond motifs is 1. The van der Waals surface area contributed by atoms with Crippen molar-refractivity contribution in [2.45, 2.75) is 32.9 Å². The van der Waals surface area contributed by atoms with Crippen LogP contribution in [0, 0.1) is 0 Å². The first-order valence-electron chi connectivity index (χ1n) is 7.19. The Labute approximate surface area is 146 Å². The highest BCUT2D eigenvalue weighted by atomic mass is 79.9. The third-order valence-electron chi connectivity index (χ3n) is 2.91. The fourth-order valence-corrected chi connectivity index (χ4v) is 2.25. The Kier molecular flexibility index (Phi) is 5.43. The van der Waals surface area contributed by atoms with Crippen molar-refractivity contribution < 1.29 is 13.9 Å². The second kappa shape index (κ2) is 7.16. The molecule has 1 N–H and O–H groups in total. The summed E-state index contributed by atoms with van der Waals surface area (Å²) in [4.78, 5) is 23.8. The van der Waals surface area contributed by atoms with Gasteiger partial charge in [-0.05, 0) is 54.4 Å². The standard InChI is InChI=1S/C15H18BrFN4O3/c1-15(2,3)24-13(22)18-7-10(6-17)8-21-14(23)20-9-11(16)4-5-12(20)19-21/h4-6,9H,7-8H2,1-3H3,(H,18,22)/b10-6+. The Hall–Kier alpha value is -2.16. The molecule has 0 saturated heterocycles. The number of pyridine rings is 1. The van der Waals surface area contributed by atoms with E-state index in [-0.39, 0.29) is 18.7 Å². The first-order chi connectivity index (χ1) is 11.2. The fourth-order valence-electron chi connectivity index (χ4n) is 1.92. The Balaban J connectivity index is 2.07. The van der Waals surface area contributed by atoms with E-state index in [9.17, 15) is 14.0 Å². The average Bonchev–Trinajstić information content (AvgIpc) is 2.78. The smallest absolute Gasteiger partial charge is 0.407 e. The number of halogens is 2. The number of aromatic nitrogens is 3. The van der Waals surface area contributed by atoms with Gasteiger partial charge in [-0.2, -0.15) is 0 Å². The molecule has 0 aromatic carbocycles. The zero-order chi connectivity index (χ0) is 17.9. The number of carbonyl (C=O) groups excluding carboxylic acids is 1. The van der Waals surface area contributed by atoms with E-state index in [4.69, 9.17) is 4.74 Å². The molecular formula is C15H18BrFN4O3. The number of nitrogens with one attached hydrogen (secondary N) is 1. The molecule has 9 heteroatoms. The van der Waals surface area contributed by atoms with Gasteiger partial charge in [-0.1, -0.05) is 0 Å². The van der Waals surface area contributed by atoms with Gasteiger partial charge in [-0.3, -0.25) is 0 Å². The lowest BCUT2D eigenvalue weighted by Gasteiger charge is -2.19. The van der Waals surface area contributed by atoms with E-state index in [2.05, 4.69) is 26.3 Å². The third kappa shape index (κ3) is 4.67. The molecule has 2 heterocycles. The zero-order valence-corrected chi connectivity index (χ0v) is 15.1. The summed E-state index contributed by atoms with van der Waals surface area (Å²) >= 11 is 3.28. The lowest BCUT2D eigenvalue weighted by atomic mass is 10.2. The number of rotatable bonds is 4. The molecule has 24 heavy (non-hydrogen) atoms. The minimum atomic E-state index is -0.659. The molecule has 0 radical (unpaired) electrons. The number of hydrogen-bond donors (Lipinski definition) is 1. The van der Waals surface area contributed by atoms with E-state index in [1.54, 1.807) is 39.1 Å². The number of ether oxygens (including phenoxy) is 1. The van der Waals surface area contributed by atoms with Crippen molar-refractivity contribution in [1.82, 2.24) is 19.5 Å². The molecule has 0 aliphatic rings. The monoisotopic (exact) mass is 400 g/mol. The van der Waals surface area contributed by atoms with Crippen molar-refractivity contribution in [3.8, 4) is 0 Å². The second-order valence-electron chi connectivity index (χ2n) is 6.14. The summed E-state index contributed by atoms with van der Waals surface area (Å²) in [7, 11) is 0. The van der Waals surface area contributed by atoms with Crippen LogP contribution in [0.1, 0.15) is 20.8 Å². The van der Waals surface area contributed by atoms with Crippen LogP contribution in [0.25, 0.3) is 5.65 Å². The van der Waals surface area contributed by atoms with Gasteiger partial charge in [0.2, 0.25) is 0 Å². The van der Waals surface area contributed by atoms with Crippen LogP contribution in [-0.2, 0) is 11.3 Å². The van der Waals surface area contributed by atoms with E-state index in [1.165, 1.54) is 4.40 Å². The molecule has 0 spiro atoms. The third-order valence-corrected chi connectivity index (χ3v) is 3.38. The lowest BCUT2D eigenvalue weighted by molar-refractivity contribution is 0.0532. The molecule has 0 bridgehead atoms. The molecule has 0 fully saturated rings. The molecule has 0 aliphatic heterocycles. The van der Waals surface area contributed by atoms with Crippen LogP contribution in [0.2, 0.25) is 0 Å². The summed E-state index contributed by atoms with van der Waals surface area (Å²) < 4.78 is 21.3. The van der Waals surface area contributed by atoms with E-state index < -0.39 is 17.4 Å². The molecule has 1 amide bonds. The Bertz CT molecular complexity index is 835. The van der Waals surface area contributed by atoms with Crippen molar-refractivity contribution >= 4 is 27.7 Å². The fraction of sp³-hybridized carbons (Fsp3) is 0.400. The predicted octanol–water partition coefficient (Wildman–Crippen LogP) is 2.64. The molecule has 2 rings (SSSR count). The van der Waals surface area contributed by atoms with Gasteiger partial charge in [0.25, 0.3) is 0 Å². The molecule has 130 valence electrons. The van der Waals surface area contributed by atoms with E-state index in [1.807, 2.05) is 0 Å². The van der Waals surface area contributed by atoms with Crippen molar-refractivity contribution in [3.05, 3.63) is 45.2 Å². The Morgan fingerprint density at radius 2 is 2.17 bits per heavy atom. The Morgan fingerprint density at radius 3 is 2.79 bits per heavy atom. The quantitative estimate of drug-likeness (QED) is 0.855. The number of carbonyl (C=O) groups is 1. The normalized spacial score (nSPS) is 12.5. The van der Waals surface area contributed by atoms with E-state index in [0.29, 0.717) is 12.0 Å². The summed E-state index contributed by atoms with van der Waals surface area (Å²) in [6, 6.07) is 3.42. The first-order valence-corrected chi connectivity index (χ1v) is 7.98. The van der Waals surface area contributed by atoms with Crippen LogP contribution in [0.4, 0.5) is 9.18 Å². The number of alkyl carbamates (subject to hydrolysis) is 1. The molecule has 2 aromatic heterocycles. The van der Waals surface area contributed by atoms with Crippen molar-refractivity contribution in [3.63, 3.8) is 0 Å². The van der Waals surface area contributed by atoms with Crippen molar-refractivity contribution in [1.29, 1.82) is 0 Å². The highest BCUT2D eigenvalue weighted by Gasteiger charge is 2.16. The molecule has 2 aromatic rings. The van der Waals surface area contributed by atoms with Crippen LogP contribution < -0.4 is 11.0 Å². The van der Waals surface area contributed by atoms with Crippen LogP contribution in [0.3, 0.4) is 0 Å². The van der Waals surface area contributed by atoms with Gasteiger partial charge in [0, 0.05) is 17.2 Å². The SMILES string of the molecule is CC(C)(C)OC(=O)NC/C(=C\F)Cn1nc2ccc(Br)cn2c1=O. The maximum absolute atomic E-state index is 13.1.